The number of aromatic amines is 1. The monoisotopic (exact) mass is 389 g/mol. The predicted octanol–water partition coefficient (Wildman–Crippen LogP) is 4.93. The molecule has 146 valence electrons. The lowest BCUT2D eigenvalue weighted by Crippen LogP contribution is -2.21. The van der Waals surface area contributed by atoms with Gasteiger partial charge in [-0.3, -0.25) is 4.98 Å². The van der Waals surface area contributed by atoms with Crippen LogP contribution in [0.5, 0.6) is 6.01 Å². The molecule has 3 aromatic heterocycles. The first-order valence-corrected chi connectivity index (χ1v) is 9.88. The number of imidazole rings is 1. The number of para-hydroxylation sites is 2. The average molecular weight is 389 g/mol. The van der Waals surface area contributed by atoms with Crippen molar-refractivity contribution in [3.8, 4) is 28.8 Å². The highest BCUT2D eigenvalue weighted by molar-refractivity contribution is 5.83. The Kier molecular flexibility index (Phi) is 4.63. The quantitative estimate of drug-likeness (QED) is 0.501. The predicted molar refractivity (Wildman–Crippen MR) is 108 cm³/mol. The van der Waals surface area contributed by atoms with Crippen LogP contribution in [0, 0.1) is 5.95 Å². The van der Waals surface area contributed by atoms with E-state index in [4.69, 9.17) is 4.74 Å². The van der Waals surface area contributed by atoms with Crippen molar-refractivity contribution in [3.05, 3.63) is 54.6 Å². The lowest BCUT2D eigenvalue weighted by molar-refractivity contribution is 0.140. The Hall–Kier alpha value is -3.35. The van der Waals surface area contributed by atoms with Crippen LogP contribution in [0.2, 0.25) is 0 Å². The molecule has 1 N–H and O–H groups in total. The second-order valence-electron chi connectivity index (χ2n) is 7.22. The summed E-state index contributed by atoms with van der Waals surface area (Å²) < 4.78 is 21.2. The van der Waals surface area contributed by atoms with E-state index < -0.39 is 5.95 Å². The van der Waals surface area contributed by atoms with Gasteiger partial charge in [0, 0.05) is 6.20 Å². The van der Waals surface area contributed by atoms with E-state index in [9.17, 15) is 0 Å². The number of halogens is 1. The van der Waals surface area contributed by atoms with Gasteiger partial charge in [-0.05, 0) is 49.9 Å². The van der Waals surface area contributed by atoms with E-state index in [1.165, 1.54) is 6.42 Å². The molecule has 1 saturated carbocycles. The zero-order chi connectivity index (χ0) is 19.6. The van der Waals surface area contributed by atoms with Gasteiger partial charge in [0.1, 0.15) is 23.2 Å². The Balaban J connectivity index is 1.63. The van der Waals surface area contributed by atoms with Crippen LogP contribution in [0.1, 0.15) is 32.1 Å². The van der Waals surface area contributed by atoms with Gasteiger partial charge in [-0.1, -0.05) is 24.6 Å². The highest BCUT2D eigenvalue weighted by Crippen LogP contribution is 2.33. The number of hydrogen-bond acceptors (Lipinski definition) is 5. The Morgan fingerprint density at radius 1 is 0.931 bits per heavy atom. The molecule has 29 heavy (non-hydrogen) atoms. The first kappa shape index (κ1) is 17.7. The number of nitrogens with zero attached hydrogens (tertiary/aromatic N) is 4. The van der Waals surface area contributed by atoms with Crippen molar-refractivity contribution in [1.82, 2.24) is 24.9 Å². The molecular weight excluding hydrogens is 369 g/mol. The Labute approximate surface area is 167 Å². The summed E-state index contributed by atoms with van der Waals surface area (Å²) in [4.78, 5) is 20.6. The Morgan fingerprint density at radius 2 is 1.76 bits per heavy atom. The molecule has 1 aromatic carbocycles. The van der Waals surface area contributed by atoms with Crippen molar-refractivity contribution in [2.24, 2.45) is 0 Å². The second-order valence-corrected chi connectivity index (χ2v) is 7.22. The van der Waals surface area contributed by atoms with Crippen LogP contribution in [0.3, 0.4) is 0 Å². The maximum atomic E-state index is 15.2. The smallest absolute Gasteiger partial charge is 0.320 e. The van der Waals surface area contributed by atoms with E-state index in [1.54, 1.807) is 18.3 Å². The Morgan fingerprint density at radius 3 is 2.55 bits per heavy atom. The van der Waals surface area contributed by atoms with Gasteiger partial charge in [0.05, 0.1) is 16.7 Å². The summed E-state index contributed by atoms with van der Waals surface area (Å²) >= 11 is 0. The van der Waals surface area contributed by atoms with Crippen LogP contribution >= 0.6 is 0 Å². The van der Waals surface area contributed by atoms with Crippen molar-refractivity contribution < 1.29 is 9.13 Å². The summed E-state index contributed by atoms with van der Waals surface area (Å²) in [6.07, 6.45) is 6.98. The maximum absolute atomic E-state index is 15.2. The Bertz CT molecular complexity index is 1110. The summed E-state index contributed by atoms with van der Waals surface area (Å²) in [5.74, 6) is -0.306. The summed E-state index contributed by atoms with van der Waals surface area (Å²) in [7, 11) is 0. The van der Waals surface area contributed by atoms with Crippen molar-refractivity contribution in [1.29, 1.82) is 0 Å². The maximum Gasteiger partial charge on any atom is 0.320 e. The van der Waals surface area contributed by atoms with Crippen molar-refractivity contribution in [2.45, 2.75) is 38.2 Å². The normalized spacial score (nSPS) is 14.9. The summed E-state index contributed by atoms with van der Waals surface area (Å²) in [6, 6.07) is 13.0. The highest BCUT2D eigenvalue weighted by Gasteiger charge is 2.24. The molecule has 6 nitrogen and oxygen atoms in total. The number of H-pyrrole nitrogens is 1. The van der Waals surface area contributed by atoms with Crippen LogP contribution in [0.15, 0.2) is 48.7 Å². The third-order valence-electron chi connectivity index (χ3n) is 5.20. The summed E-state index contributed by atoms with van der Waals surface area (Å²) in [5, 5.41) is 0. The third kappa shape index (κ3) is 3.55. The van der Waals surface area contributed by atoms with Gasteiger partial charge >= 0.3 is 6.01 Å². The molecule has 0 amide bonds. The third-order valence-corrected chi connectivity index (χ3v) is 5.20. The highest BCUT2D eigenvalue weighted by atomic mass is 19.1. The van der Waals surface area contributed by atoms with Crippen LogP contribution in [0.4, 0.5) is 4.39 Å². The van der Waals surface area contributed by atoms with Crippen LogP contribution in [-0.4, -0.2) is 31.0 Å². The van der Waals surface area contributed by atoms with E-state index in [2.05, 4.69) is 24.9 Å². The fourth-order valence-corrected chi connectivity index (χ4v) is 3.77. The molecule has 1 fully saturated rings. The van der Waals surface area contributed by atoms with Crippen LogP contribution in [0.25, 0.3) is 33.8 Å². The molecule has 1 aliphatic carbocycles. The largest absolute Gasteiger partial charge is 0.460 e. The average Bonchev–Trinajstić information content (AvgIpc) is 3.18. The zero-order valence-corrected chi connectivity index (χ0v) is 15.8. The molecule has 0 bridgehead atoms. The number of fused-ring (bicyclic) bond motifs is 1. The first-order valence-electron chi connectivity index (χ1n) is 9.88. The molecule has 0 atom stereocenters. The van der Waals surface area contributed by atoms with Gasteiger partial charge in [-0.15, -0.1) is 0 Å². The van der Waals surface area contributed by atoms with E-state index >= 15 is 4.39 Å². The fraction of sp³-hybridized carbons (Fsp3) is 0.273. The topological polar surface area (TPSA) is 76.6 Å². The molecular formula is C22H20FN5O. The van der Waals surface area contributed by atoms with Crippen molar-refractivity contribution in [2.75, 3.05) is 0 Å². The van der Waals surface area contributed by atoms with Crippen molar-refractivity contribution >= 4 is 11.0 Å². The molecule has 0 radical (unpaired) electrons. The van der Waals surface area contributed by atoms with E-state index in [0.717, 1.165) is 36.7 Å². The van der Waals surface area contributed by atoms with E-state index in [1.807, 2.05) is 30.3 Å². The van der Waals surface area contributed by atoms with Gasteiger partial charge in [0.15, 0.2) is 0 Å². The molecule has 1 aliphatic rings. The van der Waals surface area contributed by atoms with E-state index in [0.29, 0.717) is 17.2 Å². The molecule has 7 heteroatoms. The minimum Gasteiger partial charge on any atom is -0.460 e. The second kappa shape index (κ2) is 7.58. The number of pyridine rings is 1. The fourth-order valence-electron chi connectivity index (χ4n) is 3.77. The van der Waals surface area contributed by atoms with Crippen LogP contribution in [-0.2, 0) is 0 Å². The van der Waals surface area contributed by atoms with Gasteiger partial charge in [-0.25, -0.2) is 4.98 Å². The number of ether oxygens (including phenoxy) is 1. The molecule has 5 rings (SSSR count). The summed E-state index contributed by atoms with van der Waals surface area (Å²) in [5.41, 5.74) is 2.66. The zero-order valence-electron chi connectivity index (χ0n) is 15.8. The molecule has 3 heterocycles. The molecule has 0 unspecified atom stereocenters. The first-order chi connectivity index (χ1) is 14.3. The lowest BCUT2D eigenvalue weighted by atomic mass is 9.98. The van der Waals surface area contributed by atoms with Crippen LogP contribution < -0.4 is 4.74 Å². The number of aromatic nitrogens is 5. The molecule has 4 aromatic rings. The summed E-state index contributed by atoms with van der Waals surface area (Å²) in [6.45, 7) is 0. The van der Waals surface area contributed by atoms with E-state index in [-0.39, 0.29) is 17.7 Å². The van der Waals surface area contributed by atoms with Gasteiger partial charge in [0.25, 0.3) is 0 Å². The van der Waals surface area contributed by atoms with Gasteiger partial charge < -0.3 is 9.72 Å². The standard InChI is InChI=1S/C22H20FN5O/c23-20-18(21-25-15-10-4-5-11-16(15)26-21)19(17-12-6-7-13-24-17)27-22(28-20)29-14-8-2-1-3-9-14/h4-7,10-14H,1-3,8-9H2,(H,25,26). The lowest BCUT2D eigenvalue weighted by Gasteiger charge is -2.22. The van der Waals surface area contributed by atoms with Crippen molar-refractivity contribution in [3.63, 3.8) is 0 Å². The number of hydrogen-bond donors (Lipinski definition) is 1. The minimum atomic E-state index is -0.675. The molecule has 0 aliphatic heterocycles. The van der Waals surface area contributed by atoms with Gasteiger partial charge in [-0.2, -0.15) is 14.4 Å². The number of rotatable bonds is 4. The molecule has 0 spiro atoms. The SMILES string of the molecule is Fc1nc(OC2CCCCC2)nc(-c2ccccn2)c1-c1nc2ccccc2[nH]1. The van der Waals surface area contributed by atoms with Gasteiger partial charge in [0.2, 0.25) is 5.95 Å². The molecule has 0 saturated heterocycles. The number of nitrogens with one attached hydrogen (secondary N) is 1. The number of benzene rings is 1. The minimum absolute atomic E-state index is 0.0248.